The SMILES string of the molecule is Oc1cccc(Oc2cn[nH]c2)c1. The first-order chi connectivity index (χ1) is 6.34. The van der Waals surface area contributed by atoms with Crippen LogP contribution in [0.4, 0.5) is 0 Å². The van der Waals surface area contributed by atoms with Gasteiger partial charge in [-0.15, -0.1) is 0 Å². The standard InChI is InChI=1S/C9H8N2O2/c12-7-2-1-3-8(4-7)13-9-5-10-11-6-9/h1-6,12H,(H,10,11). The van der Waals surface area contributed by atoms with E-state index in [0.717, 1.165) is 0 Å². The number of nitrogens with one attached hydrogen (secondary N) is 1. The predicted octanol–water partition coefficient (Wildman–Crippen LogP) is 1.91. The molecule has 0 fully saturated rings. The first-order valence-electron chi connectivity index (χ1n) is 3.80. The fraction of sp³-hybridized carbons (Fsp3) is 0. The van der Waals surface area contributed by atoms with Crippen LogP contribution in [0.1, 0.15) is 0 Å². The Kier molecular flexibility index (Phi) is 1.88. The number of nitrogens with zero attached hydrogens (tertiary/aromatic N) is 1. The first-order valence-corrected chi connectivity index (χ1v) is 3.80. The van der Waals surface area contributed by atoms with Crippen molar-refractivity contribution in [3.05, 3.63) is 36.7 Å². The highest BCUT2D eigenvalue weighted by atomic mass is 16.5. The average Bonchev–Trinajstić information content (AvgIpc) is 2.57. The van der Waals surface area contributed by atoms with Gasteiger partial charge in [0.1, 0.15) is 11.5 Å². The van der Waals surface area contributed by atoms with Gasteiger partial charge >= 0.3 is 0 Å². The van der Waals surface area contributed by atoms with Gasteiger partial charge in [-0.2, -0.15) is 5.10 Å². The summed E-state index contributed by atoms with van der Waals surface area (Å²) in [5.74, 6) is 1.38. The number of aromatic hydroxyl groups is 1. The average molecular weight is 176 g/mol. The zero-order chi connectivity index (χ0) is 9.10. The molecule has 4 nitrogen and oxygen atoms in total. The normalized spacial score (nSPS) is 9.85. The van der Waals surface area contributed by atoms with Crippen molar-refractivity contribution in [2.24, 2.45) is 0 Å². The van der Waals surface area contributed by atoms with E-state index >= 15 is 0 Å². The summed E-state index contributed by atoms with van der Waals surface area (Å²) in [6, 6.07) is 6.59. The summed E-state index contributed by atoms with van der Waals surface area (Å²) in [5, 5.41) is 15.5. The Hall–Kier alpha value is -1.97. The lowest BCUT2D eigenvalue weighted by atomic mass is 10.3. The molecule has 0 atom stereocenters. The van der Waals surface area contributed by atoms with E-state index in [2.05, 4.69) is 10.2 Å². The Morgan fingerprint density at radius 3 is 2.92 bits per heavy atom. The fourth-order valence-electron chi connectivity index (χ4n) is 0.978. The maximum absolute atomic E-state index is 9.14. The monoisotopic (exact) mass is 176 g/mol. The minimum Gasteiger partial charge on any atom is -0.508 e. The zero-order valence-electron chi connectivity index (χ0n) is 6.77. The molecule has 1 aromatic carbocycles. The lowest BCUT2D eigenvalue weighted by molar-refractivity contribution is 0.455. The van der Waals surface area contributed by atoms with Crippen molar-refractivity contribution in [3.63, 3.8) is 0 Å². The molecule has 0 saturated heterocycles. The minimum absolute atomic E-state index is 0.181. The largest absolute Gasteiger partial charge is 0.508 e. The van der Waals surface area contributed by atoms with Crippen LogP contribution < -0.4 is 4.74 Å². The molecule has 1 heterocycles. The summed E-state index contributed by atoms with van der Waals surface area (Å²) < 4.78 is 5.35. The van der Waals surface area contributed by atoms with Gasteiger partial charge in [0.05, 0.1) is 12.4 Å². The van der Waals surface area contributed by atoms with Crippen LogP contribution >= 0.6 is 0 Å². The lowest BCUT2D eigenvalue weighted by Crippen LogP contribution is -1.80. The second-order valence-corrected chi connectivity index (χ2v) is 2.53. The van der Waals surface area contributed by atoms with Crippen LogP contribution in [0.25, 0.3) is 0 Å². The summed E-state index contributed by atoms with van der Waals surface area (Å²) in [7, 11) is 0. The van der Waals surface area contributed by atoms with Crippen molar-refractivity contribution in [3.8, 4) is 17.2 Å². The quantitative estimate of drug-likeness (QED) is 0.734. The summed E-state index contributed by atoms with van der Waals surface area (Å²) in [4.78, 5) is 0. The number of aromatic nitrogens is 2. The number of aromatic amines is 1. The van der Waals surface area contributed by atoms with E-state index in [4.69, 9.17) is 9.84 Å². The molecule has 2 rings (SSSR count). The highest BCUT2D eigenvalue weighted by Crippen LogP contribution is 2.23. The van der Waals surface area contributed by atoms with Gasteiger partial charge in [0.25, 0.3) is 0 Å². The zero-order valence-corrected chi connectivity index (χ0v) is 6.77. The summed E-state index contributed by atoms with van der Waals surface area (Å²) in [6.45, 7) is 0. The molecular formula is C9H8N2O2. The van der Waals surface area contributed by atoms with Crippen molar-refractivity contribution in [1.82, 2.24) is 10.2 Å². The molecule has 0 aliphatic heterocycles. The van der Waals surface area contributed by atoms with Gasteiger partial charge in [-0.05, 0) is 12.1 Å². The maximum atomic E-state index is 9.14. The highest BCUT2D eigenvalue weighted by Gasteiger charge is 1.97. The van der Waals surface area contributed by atoms with E-state index in [1.54, 1.807) is 30.6 Å². The van der Waals surface area contributed by atoms with Crippen molar-refractivity contribution < 1.29 is 9.84 Å². The first kappa shape index (κ1) is 7.67. The van der Waals surface area contributed by atoms with Crippen LogP contribution in [-0.2, 0) is 0 Å². The van der Waals surface area contributed by atoms with Crippen LogP contribution in [0, 0.1) is 0 Å². The van der Waals surface area contributed by atoms with Crippen molar-refractivity contribution >= 4 is 0 Å². The molecule has 2 aromatic rings. The Bertz CT molecular complexity index is 384. The van der Waals surface area contributed by atoms with Crippen molar-refractivity contribution in [2.45, 2.75) is 0 Å². The van der Waals surface area contributed by atoms with Gasteiger partial charge in [0.15, 0.2) is 5.75 Å². The number of hydrogen-bond donors (Lipinski definition) is 2. The topological polar surface area (TPSA) is 58.1 Å². The molecule has 0 radical (unpaired) electrons. The number of benzene rings is 1. The molecule has 13 heavy (non-hydrogen) atoms. The van der Waals surface area contributed by atoms with E-state index < -0.39 is 0 Å². The second kappa shape index (κ2) is 3.18. The predicted molar refractivity (Wildman–Crippen MR) is 46.8 cm³/mol. The van der Waals surface area contributed by atoms with Gasteiger partial charge in [-0.25, -0.2) is 0 Å². The molecule has 0 aliphatic rings. The number of rotatable bonds is 2. The Morgan fingerprint density at radius 2 is 2.23 bits per heavy atom. The third-order valence-electron chi connectivity index (χ3n) is 1.53. The Balaban J connectivity index is 2.19. The molecule has 0 amide bonds. The number of ether oxygens (including phenoxy) is 1. The van der Waals surface area contributed by atoms with E-state index in [0.29, 0.717) is 11.5 Å². The molecule has 0 bridgehead atoms. The van der Waals surface area contributed by atoms with Crippen LogP contribution in [0.3, 0.4) is 0 Å². The van der Waals surface area contributed by atoms with Crippen LogP contribution in [0.5, 0.6) is 17.2 Å². The van der Waals surface area contributed by atoms with E-state index in [1.807, 2.05) is 0 Å². The molecule has 1 aromatic heterocycles. The second-order valence-electron chi connectivity index (χ2n) is 2.53. The molecule has 2 N–H and O–H groups in total. The van der Waals surface area contributed by atoms with Gasteiger partial charge in [-0.3, -0.25) is 5.10 Å². The number of phenols is 1. The smallest absolute Gasteiger partial charge is 0.165 e. The molecule has 0 spiro atoms. The number of hydrogen-bond acceptors (Lipinski definition) is 3. The molecule has 4 heteroatoms. The fourth-order valence-corrected chi connectivity index (χ4v) is 0.978. The van der Waals surface area contributed by atoms with Crippen molar-refractivity contribution in [1.29, 1.82) is 0 Å². The molecule has 0 unspecified atom stereocenters. The highest BCUT2D eigenvalue weighted by molar-refractivity contribution is 5.34. The maximum Gasteiger partial charge on any atom is 0.165 e. The van der Waals surface area contributed by atoms with Crippen LogP contribution in [-0.4, -0.2) is 15.3 Å². The Morgan fingerprint density at radius 1 is 1.31 bits per heavy atom. The summed E-state index contributed by atoms with van der Waals surface area (Å²) in [6.07, 6.45) is 3.19. The number of H-pyrrole nitrogens is 1. The molecule has 66 valence electrons. The van der Waals surface area contributed by atoms with Gasteiger partial charge < -0.3 is 9.84 Å². The third kappa shape index (κ3) is 1.79. The van der Waals surface area contributed by atoms with Gasteiger partial charge in [0.2, 0.25) is 0 Å². The van der Waals surface area contributed by atoms with E-state index in [1.165, 1.54) is 6.07 Å². The molecular weight excluding hydrogens is 168 g/mol. The third-order valence-corrected chi connectivity index (χ3v) is 1.53. The minimum atomic E-state index is 0.181. The van der Waals surface area contributed by atoms with E-state index in [9.17, 15) is 0 Å². The lowest BCUT2D eigenvalue weighted by Gasteiger charge is -2.01. The van der Waals surface area contributed by atoms with Gasteiger partial charge in [-0.1, -0.05) is 6.07 Å². The Labute approximate surface area is 74.8 Å². The molecule has 0 aliphatic carbocycles. The van der Waals surface area contributed by atoms with Gasteiger partial charge in [0, 0.05) is 6.07 Å². The summed E-state index contributed by atoms with van der Waals surface area (Å²) >= 11 is 0. The van der Waals surface area contributed by atoms with Crippen LogP contribution in [0.15, 0.2) is 36.7 Å². The van der Waals surface area contributed by atoms with Crippen molar-refractivity contribution in [2.75, 3.05) is 0 Å². The molecule has 0 saturated carbocycles. The van der Waals surface area contributed by atoms with E-state index in [-0.39, 0.29) is 5.75 Å². The van der Waals surface area contributed by atoms with Crippen LogP contribution in [0.2, 0.25) is 0 Å². The summed E-state index contributed by atoms with van der Waals surface area (Å²) in [5.41, 5.74) is 0. The number of phenolic OH excluding ortho intramolecular Hbond substituents is 1.